The molecule has 2 aliphatic rings. The van der Waals surface area contributed by atoms with E-state index in [9.17, 15) is 0 Å². The second kappa shape index (κ2) is 9.08. The molecular weight excluding hydrogens is 408 g/mol. The molecule has 0 aliphatic carbocycles. The summed E-state index contributed by atoms with van der Waals surface area (Å²) >= 11 is 1.85. The van der Waals surface area contributed by atoms with Gasteiger partial charge in [0.1, 0.15) is 0 Å². The number of benzene rings is 1. The van der Waals surface area contributed by atoms with Crippen molar-refractivity contribution in [1.29, 1.82) is 0 Å². The molecule has 31 heavy (non-hydrogen) atoms. The summed E-state index contributed by atoms with van der Waals surface area (Å²) in [6.45, 7) is 8.73. The number of nitrogens with zero attached hydrogens (tertiary/aromatic N) is 5. The van der Waals surface area contributed by atoms with Crippen LogP contribution >= 0.6 is 11.3 Å². The lowest BCUT2D eigenvalue weighted by Crippen LogP contribution is -2.43. The van der Waals surface area contributed by atoms with Crippen LogP contribution in [-0.2, 0) is 11.3 Å². The molecule has 0 spiro atoms. The molecule has 5 rings (SSSR count). The number of piperazine rings is 1. The summed E-state index contributed by atoms with van der Waals surface area (Å²) in [5, 5.41) is 3.22. The van der Waals surface area contributed by atoms with Gasteiger partial charge in [0.2, 0.25) is 0 Å². The number of ether oxygens (including phenoxy) is 1. The third-order valence-electron chi connectivity index (χ3n) is 6.10. The summed E-state index contributed by atoms with van der Waals surface area (Å²) in [7, 11) is 4.14. The fourth-order valence-electron chi connectivity index (χ4n) is 4.20. The lowest BCUT2D eigenvalue weighted by molar-refractivity contribution is 0.122. The van der Waals surface area contributed by atoms with Crippen molar-refractivity contribution < 1.29 is 4.74 Å². The normalized spacial score (nSPS) is 18.6. The maximum absolute atomic E-state index is 5.59. The van der Waals surface area contributed by atoms with Gasteiger partial charge in [0.05, 0.1) is 23.4 Å². The van der Waals surface area contributed by atoms with Crippen LogP contribution in [0.1, 0.15) is 4.88 Å². The number of nitrogens with one attached hydrogen (secondary N) is 1. The summed E-state index contributed by atoms with van der Waals surface area (Å²) in [5.41, 5.74) is 3.15. The molecule has 0 amide bonds. The highest BCUT2D eigenvalue weighted by atomic mass is 32.1. The Kier molecular flexibility index (Phi) is 6.04. The Morgan fingerprint density at radius 3 is 2.61 bits per heavy atom. The second-order valence-electron chi connectivity index (χ2n) is 8.31. The van der Waals surface area contributed by atoms with Gasteiger partial charge in [0.25, 0.3) is 0 Å². The third-order valence-corrected chi connectivity index (χ3v) is 7.21. The van der Waals surface area contributed by atoms with Gasteiger partial charge in [-0.05, 0) is 25.2 Å². The lowest BCUT2D eigenvalue weighted by atomic mass is 10.2. The first-order valence-electron chi connectivity index (χ1n) is 11.0. The molecule has 0 atom stereocenters. The third kappa shape index (κ3) is 4.52. The molecule has 1 aromatic carbocycles. The lowest BCUT2D eigenvalue weighted by Gasteiger charge is -2.31. The van der Waals surface area contributed by atoms with E-state index in [1.807, 2.05) is 18.4 Å². The second-order valence-corrected chi connectivity index (χ2v) is 9.44. The molecule has 2 aromatic heterocycles. The van der Waals surface area contributed by atoms with Crippen LogP contribution in [0.3, 0.4) is 0 Å². The minimum atomic E-state index is 0.746. The summed E-state index contributed by atoms with van der Waals surface area (Å²) < 4.78 is 6.79. The highest BCUT2D eigenvalue weighted by molar-refractivity contribution is 7.19. The monoisotopic (exact) mass is 438 g/mol. The van der Waals surface area contributed by atoms with Crippen LogP contribution in [-0.4, -0.2) is 86.3 Å². The average molecular weight is 439 g/mol. The van der Waals surface area contributed by atoms with Crippen molar-refractivity contribution in [3.63, 3.8) is 0 Å². The van der Waals surface area contributed by atoms with Crippen molar-refractivity contribution >= 4 is 33.1 Å². The van der Waals surface area contributed by atoms with E-state index in [0.29, 0.717) is 0 Å². The van der Waals surface area contributed by atoms with Gasteiger partial charge in [0, 0.05) is 69.0 Å². The number of hydrogen-bond acceptors (Lipinski definition) is 8. The Morgan fingerprint density at radius 2 is 1.84 bits per heavy atom. The van der Waals surface area contributed by atoms with Gasteiger partial charge < -0.3 is 19.9 Å². The van der Waals surface area contributed by atoms with Crippen molar-refractivity contribution in [2.45, 2.75) is 6.54 Å². The first kappa shape index (κ1) is 20.6. The van der Waals surface area contributed by atoms with Gasteiger partial charge >= 0.3 is 0 Å². The topological polar surface area (TPSA) is 56.8 Å². The molecule has 2 fully saturated rings. The van der Waals surface area contributed by atoms with Gasteiger partial charge in [-0.1, -0.05) is 12.1 Å². The SMILES string of the molecule is CNc1cccc(-c2nc(N3CCOCC3)c3sc(CN4CCN(C)CC4)cc3n2)c1. The molecule has 3 aromatic rings. The molecule has 7 nitrogen and oxygen atoms in total. The maximum Gasteiger partial charge on any atom is 0.162 e. The van der Waals surface area contributed by atoms with Crippen molar-refractivity contribution in [3.8, 4) is 11.4 Å². The highest BCUT2D eigenvalue weighted by Crippen LogP contribution is 2.35. The summed E-state index contributed by atoms with van der Waals surface area (Å²) in [6, 6.07) is 10.6. The largest absolute Gasteiger partial charge is 0.388 e. The van der Waals surface area contributed by atoms with Gasteiger partial charge in [-0.3, -0.25) is 4.90 Å². The number of thiophene rings is 1. The maximum atomic E-state index is 5.59. The minimum Gasteiger partial charge on any atom is -0.388 e. The van der Waals surface area contributed by atoms with Crippen LogP contribution in [0.15, 0.2) is 30.3 Å². The molecule has 0 bridgehead atoms. The fraction of sp³-hybridized carbons (Fsp3) is 0.478. The number of rotatable bonds is 5. The zero-order valence-corrected chi connectivity index (χ0v) is 19.1. The van der Waals surface area contributed by atoms with Crippen LogP contribution in [0.5, 0.6) is 0 Å². The van der Waals surface area contributed by atoms with Crippen molar-refractivity contribution in [2.75, 3.05) is 76.8 Å². The van der Waals surface area contributed by atoms with E-state index >= 15 is 0 Å². The summed E-state index contributed by atoms with van der Waals surface area (Å²) in [6.07, 6.45) is 0. The van der Waals surface area contributed by atoms with Crippen molar-refractivity contribution in [3.05, 3.63) is 35.2 Å². The zero-order valence-electron chi connectivity index (χ0n) is 18.3. The average Bonchev–Trinajstić information content (AvgIpc) is 3.23. The Balaban J connectivity index is 1.52. The van der Waals surface area contributed by atoms with Gasteiger partial charge in [-0.15, -0.1) is 11.3 Å². The van der Waals surface area contributed by atoms with Crippen molar-refractivity contribution in [2.24, 2.45) is 0 Å². The quantitative estimate of drug-likeness (QED) is 0.657. The minimum absolute atomic E-state index is 0.746. The number of likely N-dealkylation sites (N-methyl/N-ethyl adjacent to an activating group) is 1. The number of morpholine rings is 1. The Bertz CT molecular complexity index is 1040. The summed E-state index contributed by atoms with van der Waals surface area (Å²) in [4.78, 5) is 18.7. The highest BCUT2D eigenvalue weighted by Gasteiger charge is 2.21. The van der Waals surface area contributed by atoms with Crippen LogP contribution in [0.4, 0.5) is 11.5 Å². The standard InChI is InChI=1S/C23H30N6OS/c1-24-18-5-3-4-17(14-18)22-25-20-15-19(16-28-8-6-27(2)7-9-28)31-21(20)23(26-22)29-10-12-30-13-11-29/h3-5,14-15,24H,6-13,16H2,1-2H3. The Morgan fingerprint density at radius 1 is 1.03 bits per heavy atom. The number of aromatic nitrogens is 2. The van der Waals surface area contributed by atoms with E-state index < -0.39 is 0 Å². The molecular formula is C23H30N6OS. The van der Waals surface area contributed by atoms with Crippen LogP contribution in [0, 0.1) is 0 Å². The van der Waals surface area contributed by atoms with E-state index in [1.165, 1.54) is 9.58 Å². The Labute approximate surface area is 187 Å². The van der Waals surface area contributed by atoms with Gasteiger partial charge in [-0.25, -0.2) is 9.97 Å². The van der Waals surface area contributed by atoms with Crippen LogP contribution in [0.2, 0.25) is 0 Å². The predicted molar refractivity (Wildman–Crippen MR) is 128 cm³/mol. The predicted octanol–water partition coefficient (Wildman–Crippen LogP) is 2.98. The molecule has 1 N–H and O–H groups in total. The van der Waals surface area contributed by atoms with Gasteiger partial charge in [0.15, 0.2) is 11.6 Å². The summed E-state index contributed by atoms with van der Waals surface area (Å²) in [5.74, 6) is 1.84. The van der Waals surface area contributed by atoms with Crippen LogP contribution < -0.4 is 10.2 Å². The molecule has 0 radical (unpaired) electrons. The van der Waals surface area contributed by atoms with Gasteiger partial charge in [-0.2, -0.15) is 0 Å². The molecule has 2 aliphatic heterocycles. The number of fused-ring (bicyclic) bond motifs is 1. The number of hydrogen-bond donors (Lipinski definition) is 1. The van der Waals surface area contributed by atoms with E-state index in [1.54, 1.807) is 0 Å². The molecule has 0 unspecified atom stereocenters. The smallest absolute Gasteiger partial charge is 0.162 e. The van der Waals surface area contributed by atoms with E-state index in [4.69, 9.17) is 14.7 Å². The molecule has 8 heteroatoms. The Hall–Kier alpha value is -2.26. The molecule has 4 heterocycles. The van der Waals surface area contributed by atoms with E-state index in [-0.39, 0.29) is 0 Å². The molecule has 2 saturated heterocycles. The molecule has 0 saturated carbocycles. The molecule has 164 valence electrons. The van der Waals surface area contributed by atoms with Crippen LogP contribution in [0.25, 0.3) is 21.6 Å². The van der Waals surface area contributed by atoms with E-state index in [0.717, 1.165) is 87.4 Å². The fourth-order valence-corrected chi connectivity index (χ4v) is 5.36. The first-order valence-corrected chi connectivity index (χ1v) is 11.8. The number of anilines is 2. The zero-order chi connectivity index (χ0) is 21.2. The van der Waals surface area contributed by atoms with E-state index in [2.05, 4.69) is 57.4 Å². The van der Waals surface area contributed by atoms with Crippen molar-refractivity contribution in [1.82, 2.24) is 19.8 Å². The first-order chi connectivity index (χ1) is 15.2.